The highest BCUT2D eigenvalue weighted by atomic mass is 35.5. The molecule has 0 unspecified atom stereocenters. The molecule has 0 aliphatic carbocycles. The van der Waals surface area contributed by atoms with Crippen LogP contribution in [0, 0.1) is 5.82 Å². The molecule has 0 aromatic heterocycles. The molecule has 0 saturated carbocycles. The molecule has 3 N–H and O–H groups in total. The van der Waals surface area contributed by atoms with E-state index in [4.69, 9.17) is 17.3 Å². The number of halogens is 3. The fourth-order valence-electron chi connectivity index (χ4n) is 1.72. The molecule has 0 bridgehead atoms. The Hall–Kier alpha value is -0.840. The number of hydrogen-bond donors (Lipinski definition) is 2. The lowest BCUT2D eigenvalue weighted by atomic mass is 9.92. The second-order valence-electron chi connectivity index (χ2n) is 4.27. The van der Waals surface area contributed by atoms with E-state index in [1.807, 2.05) is 13.8 Å². The van der Waals surface area contributed by atoms with E-state index in [-0.39, 0.29) is 28.9 Å². The van der Waals surface area contributed by atoms with Crippen LogP contribution in [0.5, 0.6) is 0 Å². The van der Waals surface area contributed by atoms with Crippen molar-refractivity contribution in [2.24, 2.45) is 5.73 Å². The molecule has 0 spiro atoms. The Morgan fingerprint density at radius 1 is 1.42 bits per heavy atom. The van der Waals surface area contributed by atoms with Crippen molar-refractivity contribution < 1.29 is 9.18 Å². The molecule has 1 rings (SSSR count). The zero-order valence-electron chi connectivity index (χ0n) is 11.0. The lowest BCUT2D eigenvalue weighted by molar-refractivity contribution is 0.0895. The van der Waals surface area contributed by atoms with Gasteiger partial charge in [0.1, 0.15) is 5.82 Å². The van der Waals surface area contributed by atoms with Gasteiger partial charge in [-0.2, -0.15) is 0 Å². The predicted octanol–water partition coefficient (Wildman–Crippen LogP) is 3.15. The molecule has 1 aromatic carbocycles. The SMILES string of the molecule is CCC(CC)(CN)NC(=O)c1ccc(Cl)c(F)c1.Cl. The van der Waals surface area contributed by atoms with Crippen molar-refractivity contribution in [3.05, 3.63) is 34.6 Å². The van der Waals surface area contributed by atoms with Gasteiger partial charge in [-0.15, -0.1) is 12.4 Å². The van der Waals surface area contributed by atoms with Crippen LogP contribution in [0.4, 0.5) is 4.39 Å². The van der Waals surface area contributed by atoms with E-state index in [9.17, 15) is 9.18 Å². The summed E-state index contributed by atoms with van der Waals surface area (Å²) >= 11 is 5.57. The summed E-state index contributed by atoms with van der Waals surface area (Å²) < 4.78 is 13.3. The molecule has 108 valence electrons. The summed E-state index contributed by atoms with van der Waals surface area (Å²) in [6.45, 7) is 4.26. The minimum atomic E-state index is -0.601. The zero-order valence-corrected chi connectivity index (χ0v) is 12.6. The van der Waals surface area contributed by atoms with Crippen LogP contribution in [0.3, 0.4) is 0 Å². The summed E-state index contributed by atoms with van der Waals surface area (Å²) in [6.07, 6.45) is 1.45. The molecule has 0 aliphatic heterocycles. The first kappa shape index (κ1) is 18.2. The van der Waals surface area contributed by atoms with Gasteiger partial charge in [-0.1, -0.05) is 25.4 Å². The molecule has 0 radical (unpaired) electrons. The van der Waals surface area contributed by atoms with Gasteiger partial charge in [0.25, 0.3) is 5.91 Å². The van der Waals surface area contributed by atoms with Crippen LogP contribution in [-0.4, -0.2) is 18.0 Å². The highest BCUT2D eigenvalue weighted by molar-refractivity contribution is 6.30. The van der Waals surface area contributed by atoms with E-state index in [0.717, 1.165) is 18.9 Å². The van der Waals surface area contributed by atoms with Gasteiger partial charge in [-0.05, 0) is 31.0 Å². The van der Waals surface area contributed by atoms with E-state index < -0.39 is 11.4 Å². The average Bonchev–Trinajstić information content (AvgIpc) is 2.39. The van der Waals surface area contributed by atoms with Crippen molar-refractivity contribution in [3.8, 4) is 0 Å². The molecule has 3 nitrogen and oxygen atoms in total. The van der Waals surface area contributed by atoms with E-state index in [1.165, 1.54) is 12.1 Å². The Morgan fingerprint density at radius 3 is 2.42 bits per heavy atom. The van der Waals surface area contributed by atoms with Crippen LogP contribution in [0.15, 0.2) is 18.2 Å². The lowest BCUT2D eigenvalue weighted by Gasteiger charge is -2.31. The molecular weight excluding hydrogens is 290 g/mol. The molecule has 19 heavy (non-hydrogen) atoms. The van der Waals surface area contributed by atoms with Gasteiger partial charge in [0.05, 0.1) is 10.6 Å². The number of rotatable bonds is 5. The highest BCUT2D eigenvalue weighted by Crippen LogP contribution is 2.18. The number of nitrogens with one attached hydrogen (secondary N) is 1. The molecule has 1 amide bonds. The summed E-state index contributed by atoms with van der Waals surface area (Å²) in [6, 6.07) is 3.99. The summed E-state index contributed by atoms with van der Waals surface area (Å²) in [4.78, 5) is 12.0. The minimum Gasteiger partial charge on any atom is -0.345 e. The van der Waals surface area contributed by atoms with Crippen LogP contribution in [0.25, 0.3) is 0 Å². The van der Waals surface area contributed by atoms with E-state index in [2.05, 4.69) is 5.32 Å². The van der Waals surface area contributed by atoms with Crippen molar-refractivity contribution in [3.63, 3.8) is 0 Å². The van der Waals surface area contributed by atoms with Gasteiger partial charge in [0.2, 0.25) is 0 Å². The third-order valence-corrected chi connectivity index (χ3v) is 3.61. The molecule has 6 heteroatoms. The van der Waals surface area contributed by atoms with Gasteiger partial charge in [-0.25, -0.2) is 4.39 Å². The van der Waals surface area contributed by atoms with Crippen molar-refractivity contribution in [1.29, 1.82) is 0 Å². The predicted molar refractivity (Wildman–Crippen MR) is 78.5 cm³/mol. The second-order valence-corrected chi connectivity index (χ2v) is 4.68. The first-order chi connectivity index (χ1) is 8.48. The van der Waals surface area contributed by atoms with Crippen molar-refractivity contribution >= 4 is 29.9 Å². The molecule has 1 aromatic rings. The van der Waals surface area contributed by atoms with Gasteiger partial charge < -0.3 is 11.1 Å². The second kappa shape index (κ2) is 7.68. The molecule has 0 fully saturated rings. The molecule has 0 saturated heterocycles. The smallest absolute Gasteiger partial charge is 0.251 e. The van der Waals surface area contributed by atoms with E-state index in [1.54, 1.807) is 0 Å². The topological polar surface area (TPSA) is 55.1 Å². The van der Waals surface area contributed by atoms with Crippen LogP contribution < -0.4 is 11.1 Å². The Balaban J connectivity index is 0.00000324. The van der Waals surface area contributed by atoms with Crippen LogP contribution in [0.2, 0.25) is 5.02 Å². The maximum absolute atomic E-state index is 13.3. The van der Waals surface area contributed by atoms with Crippen molar-refractivity contribution in [2.75, 3.05) is 6.54 Å². The Morgan fingerprint density at radius 2 is 2.00 bits per heavy atom. The number of hydrogen-bond acceptors (Lipinski definition) is 2. The van der Waals surface area contributed by atoms with Crippen LogP contribution in [-0.2, 0) is 0 Å². The highest BCUT2D eigenvalue weighted by Gasteiger charge is 2.26. The number of carbonyl (C=O) groups is 1. The maximum atomic E-state index is 13.3. The summed E-state index contributed by atoms with van der Waals surface area (Å²) in [7, 11) is 0. The molecule has 0 aliphatic rings. The third kappa shape index (κ3) is 4.34. The Labute approximate surface area is 124 Å². The number of nitrogens with two attached hydrogens (primary N) is 1. The van der Waals surface area contributed by atoms with Crippen molar-refractivity contribution in [2.45, 2.75) is 32.2 Å². The summed E-state index contributed by atoms with van der Waals surface area (Å²) in [5, 5.41) is 2.87. The first-order valence-corrected chi connectivity index (χ1v) is 6.33. The van der Waals surface area contributed by atoms with E-state index >= 15 is 0 Å². The first-order valence-electron chi connectivity index (χ1n) is 5.95. The minimum absolute atomic E-state index is 0. The van der Waals surface area contributed by atoms with Crippen LogP contribution >= 0.6 is 24.0 Å². The van der Waals surface area contributed by atoms with Gasteiger partial charge in [0, 0.05) is 12.1 Å². The zero-order chi connectivity index (χ0) is 13.8. The fourth-order valence-corrected chi connectivity index (χ4v) is 1.83. The number of benzene rings is 1. The monoisotopic (exact) mass is 308 g/mol. The standard InChI is InChI=1S/C13H18ClFN2O.ClH/c1-3-13(4-2,8-16)17-12(18)9-5-6-10(14)11(15)7-9;/h5-7H,3-4,8,16H2,1-2H3,(H,17,18);1H. The number of amides is 1. The Kier molecular flexibility index (Phi) is 7.34. The normalized spacial score (nSPS) is 10.8. The number of carbonyl (C=O) groups excluding carboxylic acids is 1. The quantitative estimate of drug-likeness (QED) is 0.878. The largest absolute Gasteiger partial charge is 0.345 e. The lowest BCUT2D eigenvalue weighted by Crippen LogP contribution is -2.52. The van der Waals surface area contributed by atoms with E-state index in [0.29, 0.717) is 6.54 Å². The molecule has 0 atom stereocenters. The summed E-state index contributed by atoms with van der Waals surface area (Å²) in [5.74, 6) is -0.935. The average molecular weight is 309 g/mol. The molecule has 0 heterocycles. The van der Waals surface area contributed by atoms with Crippen molar-refractivity contribution in [1.82, 2.24) is 5.32 Å². The van der Waals surface area contributed by atoms with Gasteiger partial charge in [-0.3, -0.25) is 4.79 Å². The summed E-state index contributed by atoms with van der Waals surface area (Å²) in [5.41, 5.74) is 5.51. The maximum Gasteiger partial charge on any atom is 0.251 e. The molecular formula is C13H19Cl2FN2O. The van der Waals surface area contributed by atoms with Crippen LogP contribution in [0.1, 0.15) is 37.0 Å². The third-order valence-electron chi connectivity index (χ3n) is 3.30. The fraction of sp³-hybridized carbons (Fsp3) is 0.462. The van der Waals surface area contributed by atoms with Gasteiger partial charge >= 0.3 is 0 Å². The Bertz CT molecular complexity index is 428. The van der Waals surface area contributed by atoms with Gasteiger partial charge in [0.15, 0.2) is 0 Å².